The zero-order valence-electron chi connectivity index (χ0n) is 19.3. The molecule has 0 aliphatic carbocycles. The van der Waals surface area contributed by atoms with Crippen molar-refractivity contribution in [3.63, 3.8) is 0 Å². The molecule has 0 spiro atoms. The zero-order chi connectivity index (χ0) is 24.2. The highest BCUT2D eigenvalue weighted by molar-refractivity contribution is 6.19. The number of carbonyl (C=O) groups excluding carboxylic acids is 2. The number of para-hydroxylation sites is 1. The van der Waals surface area contributed by atoms with Gasteiger partial charge in [0.1, 0.15) is 17.4 Å². The number of hydrogen-bond acceptors (Lipinski definition) is 5. The second-order valence-corrected chi connectivity index (χ2v) is 7.87. The standard InChI is InChI=1S/C27H24N4O3/c1-4-14-30-26(32)23(18(2)24(16-28)27(30)33)15-20-17-31(21-8-6-5-7-9-21)29-25(20)19-10-12-22(34-3)13-11-19/h5-13,15,17H,4,14H2,1-3H3/b23-15+. The Labute approximate surface area is 198 Å². The van der Waals surface area contributed by atoms with Gasteiger partial charge in [0.15, 0.2) is 0 Å². The van der Waals surface area contributed by atoms with E-state index < -0.39 is 11.8 Å². The van der Waals surface area contributed by atoms with Gasteiger partial charge in [-0.3, -0.25) is 14.5 Å². The maximum atomic E-state index is 13.3. The lowest BCUT2D eigenvalue weighted by Gasteiger charge is -2.27. The summed E-state index contributed by atoms with van der Waals surface area (Å²) >= 11 is 0. The minimum absolute atomic E-state index is 0.0132. The first-order valence-electron chi connectivity index (χ1n) is 11.0. The SMILES string of the molecule is CCCN1C(=O)C(C#N)=C(C)/C(=C\c2cn(-c3ccccc3)nc2-c2ccc(OC)cc2)C1=O. The van der Waals surface area contributed by atoms with Gasteiger partial charge in [-0.2, -0.15) is 10.4 Å². The molecule has 0 saturated heterocycles. The van der Waals surface area contributed by atoms with Crippen LogP contribution in [0.1, 0.15) is 25.8 Å². The molecule has 7 heteroatoms. The first-order chi connectivity index (χ1) is 16.5. The highest BCUT2D eigenvalue weighted by Gasteiger charge is 2.35. The van der Waals surface area contributed by atoms with E-state index in [-0.39, 0.29) is 12.1 Å². The fraction of sp³-hybridized carbons (Fsp3) is 0.185. The van der Waals surface area contributed by atoms with E-state index in [2.05, 4.69) is 0 Å². The predicted octanol–water partition coefficient (Wildman–Crippen LogP) is 4.55. The van der Waals surface area contributed by atoms with Crippen molar-refractivity contribution in [2.45, 2.75) is 20.3 Å². The van der Waals surface area contributed by atoms with Crippen LogP contribution < -0.4 is 4.74 Å². The molecule has 1 aliphatic rings. The van der Waals surface area contributed by atoms with Crippen LogP contribution in [0.2, 0.25) is 0 Å². The van der Waals surface area contributed by atoms with Crippen molar-refractivity contribution in [2.24, 2.45) is 0 Å². The van der Waals surface area contributed by atoms with Crippen LogP contribution in [0.5, 0.6) is 5.75 Å². The maximum Gasteiger partial charge on any atom is 0.271 e. The second kappa shape index (κ2) is 9.59. The molecule has 34 heavy (non-hydrogen) atoms. The molecule has 0 radical (unpaired) electrons. The molecule has 170 valence electrons. The third kappa shape index (κ3) is 4.14. The molecule has 1 aromatic heterocycles. The first-order valence-corrected chi connectivity index (χ1v) is 11.0. The fourth-order valence-electron chi connectivity index (χ4n) is 3.89. The van der Waals surface area contributed by atoms with Gasteiger partial charge in [-0.05, 0) is 61.4 Å². The molecule has 2 aromatic carbocycles. The number of methoxy groups -OCH3 is 1. The van der Waals surface area contributed by atoms with E-state index in [1.54, 1.807) is 24.8 Å². The number of nitrogens with zero attached hydrogens (tertiary/aromatic N) is 4. The highest BCUT2D eigenvalue weighted by Crippen LogP contribution is 2.31. The third-order valence-corrected chi connectivity index (χ3v) is 5.70. The topological polar surface area (TPSA) is 88.2 Å². The number of amides is 2. The van der Waals surface area contributed by atoms with E-state index in [0.29, 0.717) is 28.8 Å². The summed E-state index contributed by atoms with van der Waals surface area (Å²) in [4.78, 5) is 27.1. The van der Waals surface area contributed by atoms with E-state index in [0.717, 1.165) is 21.9 Å². The van der Waals surface area contributed by atoms with E-state index in [4.69, 9.17) is 9.84 Å². The van der Waals surface area contributed by atoms with Crippen molar-refractivity contribution in [3.8, 4) is 28.8 Å². The van der Waals surface area contributed by atoms with Crippen LogP contribution in [0.4, 0.5) is 0 Å². The van der Waals surface area contributed by atoms with Gasteiger partial charge in [0, 0.05) is 29.4 Å². The minimum Gasteiger partial charge on any atom is -0.497 e. The Morgan fingerprint density at radius 2 is 1.76 bits per heavy atom. The van der Waals surface area contributed by atoms with Crippen molar-refractivity contribution in [1.29, 1.82) is 5.26 Å². The smallest absolute Gasteiger partial charge is 0.271 e. The number of aromatic nitrogens is 2. The molecule has 2 amide bonds. The lowest BCUT2D eigenvalue weighted by molar-refractivity contribution is -0.140. The van der Waals surface area contributed by atoms with Crippen molar-refractivity contribution >= 4 is 17.9 Å². The van der Waals surface area contributed by atoms with Crippen LogP contribution in [0.15, 0.2) is 77.5 Å². The van der Waals surface area contributed by atoms with E-state index >= 15 is 0 Å². The monoisotopic (exact) mass is 452 g/mol. The molecular weight excluding hydrogens is 428 g/mol. The molecule has 3 aromatic rings. The maximum absolute atomic E-state index is 13.3. The summed E-state index contributed by atoms with van der Waals surface area (Å²) in [6, 6.07) is 19.1. The third-order valence-electron chi connectivity index (χ3n) is 5.70. The summed E-state index contributed by atoms with van der Waals surface area (Å²) in [5.41, 5.74) is 3.74. The molecule has 0 atom stereocenters. The van der Waals surface area contributed by atoms with Crippen LogP contribution >= 0.6 is 0 Å². The Morgan fingerprint density at radius 3 is 2.38 bits per heavy atom. The van der Waals surface area contributed by atoms with Crippen molar-refractivity contribution in [2.75, 3.05) is 13.7 Å². The Hall–Kier alpha value is -4.44. The van der Waals surface area contributed by atoms with Gasteiger partial charge in [0.25, 0.3) is 11.8 Å². The lowest BCUT2D eigenvalue weighted by atomic mass is 9.93. The van der Waals surface area contributed by atoms with Gasteiger partial charge >= 0.3 is 0 Å². The van der Waals surface area contributed by atoms with Crippen LogP contribution in [-0.4, -0.2) is 40.1 Å². The Morgan fingerprint density at radius 1 is 1.06 bits per heavy atom. The van der Waals surface area contributed by atoms with Crippen LogP contribution in [0, 0.1) is 11.3 Å². The molecule has 0 saturated carbocycles. The number of carbonyl (C=O) groups is 2. The summed E-state index contributed by atoms with van der Waals surface area (Å²) in [6.45, 7) is 3.77. The quantitative estimate of drug-likeness (QED) is 0.404. The summed E-state index contributed by atoms with van der Waals surface area (Å²) in [5.74, 6) is -0.226. The van der Waals surface area contributed by atoms with Crippen molar-refractivity contribution in [3.05, 3.63) is 83.1 Å². The molecule has 1 aliphatic heterocycles. The number of hydrogen-bond donors (Lipinski definition) is 0. The average Bonchev–Trinajstić information content (AvgIpc) is 3.29. The summed E-state index contributed by atoms with van der Waals surface area (Å²) in [5, 5.41) is 14.4. The molecule has 0 unspecified atom stereocenters. The predicted molar refractivity (Wildman–Crippen MR) is 129 cm³/mol. The number of imide groups is 1. The molecule has 0 fully saturated rings. The van der Waals surface area contributed by atoms with Gasteiger partial charge in [-0.25, -0.2) is 4.68 Å². The number of ether oxygens (including phenoxy) is 1. The Balaban J connectivity index is 1.91. The number of benzene rings is 2. The van der Waals surface area contributed by atoms with Gasteiger partial charge in [0.2, 0.25) is 0 Å². The summed E-state index contributed by atoms with van der Waals surface area (Å²) < 4.78 is 7.02. The largest absolute Gasteiger partial charge is 0.497 e. The van der Waals surface area contributed by atoms with Gasteiger partial charge in [-0.1, -0.05) is 25.1 Å². The van der Waals surface area contributed by atoms with Crippen LogP contribution in [0.25, 0.3) is 23.0 Å². The molecular formula is C27H24N4O3. The Kier molecular flexibility index (Phi) is 6.42. The van der Waals surface area contributed by atoms with E-state index in [1.807, 2.05) is 73.8 Å². The molecule has 7 nitrogen and oxygen atoms in total. The molecule has 0 bridgehead atoms. The first kappa shape index (κ1) is 22.7. The normalized spacial score (nSPS) is 15.1. The lowest BCUT2D eigenvalue weighted by Crippen LogP contribution is -2.43. The second-order valence-electron chi connectivity index (χ2n) is 7.87. The minimum atomic E-state index is -0.542. The number of rotatable bonds is 6. The molecule has 0 N–H and O–H groups in total. The van der Waals surface area contributed by atoms with Crippen LogP contribution in [0.3, 0.4) is 0 Å². The van der Waals surface area contributed by atoms with Crippen molar-refractivity contribution < 1.29 is 14.3 Å². The Bertz CT molecular complexity index is 1340. The molecule has 2 heterocycles. The van der Waals surface area contributed by atoms with Crippen molar-refractivity contribution in [1.82, 2.24) is 14.7 Å². The fourth-order valence-corrected chi connectivity index (χ4v) is 3.89. The van der Waals surface area contributed by atoms with E-state index in [1.165, 1.54) is 0 Å². The zero-order valence-corrected chi connectivity index (χ0v) is 19.3. The highest BCUT2D eigenvalue weighted by atomic mass is 16.5. The summed E-state index contributed by atoms with van der Waals surface area (Å²) in [7, 11) is 1.61. The summed E-state index contributed by atoms with van der Waals surface area (Å²) in [6.07, 6.45) is 4.16. The van der Waals surface area contributed by atoms with Gasteiger partial charge in [-0.15, -0.1) is 0 Å². The number of nitriles is 1. The molecule has 4 rings (SSSR count). The van der Waals surface area contributed by atoms with Gasteiger partial charge in [0.05, 0.1) is 18.5 Å². The van der Waals surface area contributed by atoms with Gasteiger partial charge < -0.3 is 4.74 Å². The van der Waals surface area contributed by atoms with Crippen LogP contribution in [-0.2, 0) is 9.59 Å². The van der Waals surface area contributed by atoms with E-state index in [9.17, 15) is 14.9 Å². The average molecular weight is 453 g/mol.